The van der Waals surface area contributed by atoms with Gasteiger partial charge in [0.1, 0.15) is 5.02 Å². The highest BCUT2D eigenvalue weighted by atomic mass is 35.5. The summed E-state index contributed by atoms with van der Waals surface area (Å²) in [5.41, 5.74) is -0.922. The minimum Gasteiger partial charge on any atom is -0.477 e. The smallest absolute Gasteiger partial charge is 0.417 e. The Kier molecular flexibility index (Phi) is 6.68. The summed E-state index contributed by atoms with van der Waals surface area (Å²) in [7, 11) is 0. The van der Waals surface area contributed by atoms with Crippen LogP contribution < -0.4 is 15.4 Å². The number of pyridine rings is 1. The van der Waals surface area contributed by atoms with Crippen LogP contribution in [0.25, 0.3) is 0 Å². The molecule has 0 unspecified atom stereocenters. The summed E-state index contributed by atoms with van der Waals surface area (Å²) in [6.45, 7) is 2.32. The third-order valence-corrected chi connectivity index (χ3v) is 3.97. The molecule has 0 saturated carbocycles. The van der Waals surface area contributed by atoms with E-state index in [0.717, 1.165) is 32.0 Å². The van der Waals surface area contributed by atoms with Crippen LogP contribution in [0.3, 0.4) is 0 Å². The van der Waals surface area contributed by atoms with Gasteiger partial charge in [-0.1, -0.05) is 11.6 Å². The number of ether oxygens (including phenoxy) is 1. The number of carbonyl (C=O) groups excluding carboxylic acids is 1. The van der Waals surface area contributed by atoms with Crippen molar-refractivity contribution in [2.45, 2.75) is 25.4 Å². The zero-order chi connectivity index (χ0) is 17.6. The van der Waals surface area contributed by atoms with Gasteiger partial charge in [-0.2, -0.15) is 13.2 Å². The van der Waals surface area contributed by atoms with Gasteiger partial charge in [0.05, 0.1) is 12.2 Å². The fourth-order valence-electron chi connectivity index (χ4n) is 2.37. The van der Waals surface area contributed by atoms with Crippen molar-refractivity contribution < 1.29 is 22.7 Å². The molecule has 2 heterocycles. The largest absolute Gasteiger partial charge is 0.477 e. The number of amides is 1. The Morgan fingerprint density at radius 1 is 1.42 bits per heavy atom. The Hall–Kier alpha value is -1.54. The fraction of sp³-hybridized carbons (Fsp3) is 0.600. The Labute approximate surface area is 142 Å². The Morgan fingerprint density at radius 2 is 2.12 bits per heavy atom. The number of piperidine rings is 1. The molecule has 0 atom stereocenters. The molecule has 1 aromatic rings. The molecule has 0 spiro atoms. The topological polar surface area (TPSA) is 63.2 Å². The summed E-state index contributed by atoms with van der Waals surface area (Å²) in [6, 6.07) is 0.781. The van der Waals surface area contributed by atoms with Crippen molar-refractivity contribution in [1.82, 2.24) is 15.6 Å². The van der Waals surface area contributed by atoms with Gasteiger partial charge in [-0.05, 0) is 38.4 Å². The van der Waals surface area contributed by atoms with Crippen molar-refractivity contribution in [3.8, 4) is 5.88 Å². The molecular formula is C15H19ClF3N3O2. The first-order valence-electron chi connectivity index (χ1n) is 7.72. The quantitative estimate of drug-likeness (QED) is 0.761. The van der Waals surface area contributed by atoms with Gasteiger partial charge in [-0.3, -0.25) is 4.79 Å². The lowest BCUT2D eigenvalue weighted by Crippen LogP contribution is -2.38. The minimum atomic E-state index is -4.49. The van der Waals surface area contributed by atoms with Crippen LogP contribution in [-0.4, -0.2) is 37.1 Å². The molecule has 1 aromatic heterocycles. The highest BCUT2D eigenvalue weighted by Crippen LogP contribution is 2.33. The van der Waals surface area contributed by atoms with E-state index in [0.29, 0.717) is 19.2 Å². The van der Waals surface area contributed by atoms with E-state index >= 15 is 0 Å². The number of aromatic nitrogens is 1. The van der Waals surface area contributed by atoms with E-state index in [4.69, 9.17) is 16.3 Å². The van der Waals surface area contributed by atoms with Crippen LogP contribution >= 0.6 is 11.6 Å². The van der Waals surface area contributed by atoms with E-state index < -0.39 is 11.7 Å². The van der Waals surface area contributed by atoms with Crippen molar-refractivity contribution in [2.75, 3.05) is 26.2 Å². The fourth-order valence-corrected chi connectivity index (χ4v) is 2.59. The number of hydrogen-bond donors (Lipinski definition) is 2. The van der Waals surface area contributed by atoms with Crippen LogP contribution in [-0.2, 0) is 11.0 Å². The van der Waals surface area contributed by atoms with Gasteiger partial charge in [-0.25, -0.2) is 4.98 Å². The predicted molar refractivity (Wildman–Crippen MR) is 83.0 cm³/mol. The van der Waals surface area contributed by atoms with Gasteiger partial charge >= 0.3 is 6.18 Å². The number of rotatable bonds is 6. The summed E-state index contributed by atoms with van der Waals surface area (Å²) in [4.78, 5) is 15.5. The Morgan fingerprint density at radius 3 is 2.75 bits per heavy atom. The van der Waals surface area contributed by atoms with Crippen molar-refractivity contribution in [2.24, 2.45) is 5.92 Å². The molecule has 0 bridgehead atoms. The lowest BCUT2D eigenvalue weighted by Gasteiger charge is -2.21. The molecule has 0 aromatic carbocycles. The highest BCUT2D eigenvalue weighted by molar-refractivity contribution is 6.31. The maximum Gasteiger partial charge on any atom is 0.417 e. The molecule has 1 aliphatic rings. The Bertz CT molecular complexity index is 563. The molecule has 5 nitrogen and oxygen atoms in total. The normalized spacial score (nSPS) is 16.0. The average molecular weight is 366 g/mol. The standard InChI is InChI=1S/C15H19ClF3N3O2/c16-12-8-11(15(17,18)19)9-22-14(12)24-7-1-4-21-13(23)10-2-5-20-6-3-10/h8-10,20H,1-7H2,(H,21,23). The SMILES string of the molecule is O=C(NCCCOc1ncc(C(F)(F)F)cc1Cl)C1CCNCC1. The first-order chi connectivity index (χ1) is 11.4. The van der Waals surface area contributed by atoms with Gasteiger partial charge in [0.15, 0.2) is 0 Å². The van der Waals surface area contributed by atoms with E-state index in [1.165, 1.54) is 0 Å². The summed E-state index contributed by atoms with van der Waals surface area (Å²) >= 11 is 5.74. The summed E-state index contributed by atoms with van der Waals surface area (Å²) in [5.74, 6) is 0.0229. The monoisotopic (exact) mass is 365 g/mol. The average Bonchev–Trinajstić information content (AvgIpc) is 2.55. The maximum atomic E-state index is 12.5. The first kappa shape index (κ1) is 18.8. The zero-order valence-corrected chi connectivity index (χ0v) is 13.7. The second kappa shape index (κ2) is 8.53. The third kappa shape index (κ3) is 5.52. The predicted octanol–water partition coefficient (Wildman–Crippen LogP) is 2.64. The van der Waals surface area contributed by atoms with Gasteiger partial charge < -0.3 is 15.4 Å². The molecule has 0 radical (unpaired) electrons. The molecule has 2 N–H and O–H groups in total. The van der Waals surface area contributed by atoms with Crippen LogP contribution in [0.15, 0.2) is 12.3 Å². The molecule has 1 saturated heterocycles. The maximum absolute atomic E-state index is 12.5. The van der Waals surface area contributed by atoms with Gasteiger partial charge in [0.25, 0.3) is 0 Å². The molecule has 1 fully saturated rings. The highest BCUT2D eigenvalue weighted by Gasteiger charge is 2.31. The van der Waals surface area contributed by atoms with E-state index in [9.17, 15) is 18.0 Å². The van der Waals surface area contributed by atoms with E-state index in [-0.39, 0.29) is 29.3 Å². The van der Waals surface area contributed by atoms with Crippen molar-refractivity contribution >= 4 is 17.5 Å². The van der Waals surface area contributed by atoms with Crippen molar-refractivity contribution in [3.05, 3.63) is 22.8 Å². The molecule has 2 rings (SSSR count). The van der Waals surface area contributed by atoms with Crippen molar-refractivity contribution in [3.63, 3.8) is 0 Å². The van der Waals surface area contributed by atoms with Gasteiger partial charge in [0.2, 0.25) is 11.8 Å². The van der Waals surface area contributed by atoms with Crippen LogP contribution in [0.4, 0.5) is 13.2 Å². The number of hydrogen-bond acceptors (Lipinski definition) is 4. The van der Waals surface area contributed by atoms with Crippen molar-refractivity contribution in [1.29, 1.82) is 0 Å². The van der Waals surface area contributed by atoms with Crippen LogP contribution in [0.1, 0.15) is 24.8 Å². The number of nitrogens with zero attached hydrogens (tertiary/aromatic N) is 1. The molecule has 24 heavy (non-hydrogen) atoms. The van der Waals surface area contributed by atoms with Gasteiger partial charge in [-0.15, -0.1) is 0 Å². The van der Waals surface area contributed by atoms with E-state index in [2.05, 4.69) is 15.6 Å². The van der Waals surface area contributed by atoms with Crippen LogP contribution in [0.5, 0.6) is 5.88 Å². The number of carbonyl (C=O) groups is 1. The minimum absolute atomic E-state index is 0.0298. The first-order valence-corrected chi connectivity index (χ1v) is 8.09. The second-order valence-electron chi connectivity index (χ2n) is 5.53. The molecule has 0 aliphatic carbocycles. The van der Waals surface area contributed by atoms with E-state index in [1.807, 2.05) is 0 Å². The number of nitrogens with one attached hydrogen (secondary N) is 2. The molecule has 134 valence electrons. The lowest BCUT2D eigenvalue weighted by molar-refractivity contribution is -0.137. The molecule has 1 aliphatic heterocycles. The third-order valence-electron chi connectivity index (χ3n) is 3.70. The zero-order valence-electron chi connectivity index (χ0n) is 13.0. The number of halogens is 4. The summed E-state index contributed by atoms with van der Waals surface area (Å²) in [6.07, 6.45) is -1.65. The second-order valence-corrected chi connectivity index (χ2v) is 5.93. The van der Waals surface area contributed by atoms with Crippen LogP contribution in [0, 0.1) is 5.92 Å². The Balaban J connectivity index is 1.69. The summed E-state index contributed by atoms with van der Waals surface area (Å²) in [5, 5.41) is 5.84. The van der Waals surface area contributed by atoms with Gasteiger partial charge in [0, 0.05) is 18.7 Å². The number of alkyl halides is 3. The summed E-state index contributed by atoms with van der Waals surface area (Å²) < 4.78 is 42.8. The van der Waals surface area contributed by atoms with Crippen LogP contribution in [0.2, 0.25) is 5.02 Å². The van der Waals surface area contributed by atoms with E-state index in [1.54, 1.807) is 0 Å². The lowest BCUT2D eigenvalue weighted by atomic mass is 9.97. The molecule has 1 amide bonds. The molecule has 9 heteroatoms. The molecular weight excluding hydrogens is 347 g/mol.